The molecule has 5 atom stereocenters. The summed E-state index contributed by atoms with van der Waals surface area (Å²) in [5.74, 6) is -2.13. The van der Waals surface area contributed by atoms with Crippen LogP contribution in [-0.4, -0.2) is 91.5 Å². The fraction of sp³-hybridized carbons (Fsp3) is 0.500. The largest absolute Gasteiger partial charge is 0.370 e. The lowest BCUT2D eigenvalue weighted by Crippen LogP contribution is -2.57. The van der Waals surface area contributed by atoms with Crippen LogP contribution in [0.15, 0.2) is 83.7 Å². The number of aromatic nitrogens is 2. The summed E-state index contributed by atoms with van der Waals surface area (Å²) in [4.78, 5) is 109. The molecule has 7 amide bonds. The number of hydrogen-bond donors (Lipinski definition) is 4. The zero-order chi connectivity index (χ0) is 48.1. The topological polar surface area (TPSA) is 215 Å². The van der Waals surface area contributed by atoms with E-state index in [4.69, 9.17) is 5.73 Å². The Morgan fingerprint density at radius 2 is 1.49 bits per heavy atom. The highest BCUT2D eigenvalue weighted by Gasteiger charge is 2.45. The normalized spacial score (nSPS) is 23.7. The minimum Gasteiger partial charge on any atom is -0.370 e. The maximum atomic E-state index is 14.1. The Morgan fingerprint density at radius 3 is 2.15 bits per heavy atom. The monoisotopic (exact) mass is 928 g/mol. The number of benzene rings is 3. The molecule has 4 heterocycles. The number of fused-ring (bicyclic) bond motifs is 2. The third-order valence-corrected chi connectivity index (χ3v) is 14.9. The molecule has 4 fully saturated rings. The third-order valence-electron chi connectivity index (χ3n) is 14.9. The van der Waals surface area contributed by atoms with Crippen molar-refractivity contribution in [2.24, 2.45) is 24.6 Å². The van der Waals surface area contributed by atoms with Gasteiger partial charge in [0.25, 0.3) is 0 Å². The van der Waals surface area contributed by atoms with Crippen LogP contribution in [0.2, 0.25) is 0 Å². The summed E-state index contributed by atoms with van der Waals surface area (Å²) in [7, 11) is 1.72. The summed E-state index contributed by atoms with van der Waals surface area (Å²) >= 11 is 0. The van der Waals surface area contributed by atoms with Crippen molar-refractivity contribution in [2.45, 2.75) is 133 Å². The molecule has 0 spiro atoms. The van der Waals surface area contributed by atoms with Gasteiger partial charge in [-0.1, -0.05) is 73.7 Å². The van der Waals surface area contributed by atoms with Crippen molar-refractivity contribution < 1.29 is 33.6 Å². The molecule has 68 heavy (non-hydrogen) atoms. The highest BCUT2D eigenvalue weighted by atomic mass is 16.2. The fourth-order valence-electron chi connectivity index (χ4n) is 11.1. The quantitative estimate of drug-likeness (QED) is 0.123. The number of piperidine rings is 1. The van der Waals surface area contributed by atoms with Crippen molar-refractivity contribution in [3.8, 4) is 0 Å². The summed E-state index contributed by atoms with van der Waals surface area (Å²) in [6.45, 7) is 2.55. The molecule has 3 aromatic carbocycles. The number of nitrogens with one attached hydrogen (secondary N) is 3. The first-order valence-corrected chi connectivity index (χ1v) is 24.4. The van der Waals surface area contributed by atoms with E-state index in [1.165, 1.54) is 10.1 Å². The summed E-state index contributed by atoms with van der Waals surface area (Å²) in [5, 5.41) is 8.34. The molecule has 16 heteroatoms. The number of nitrogens with zero attached hydrogens (tertiary/aromatic N) is 4. The Kier molecular flexibility index (Phi) is 14.9. The number of rotatable bonds is 15. The third kappa shape index (κ3) is 10.6. The minimum atomic E-state index is -1.07. The van der Waals surface area contributed by atoms with Crippen molar-refractivity contribution in [1.82, 2.24) is 34.9 Å². The molecule has 0 radical (unpaired) electrons. The van der Waals surface area contributed by atoms with Crippen LogP contribution in [0.5, 0.6) is 0 Å². The lowest BCUT2D eigenvalue weighted by Gasteiger charge is -2.38. The van der Waals surface area contributed by atoms with Gasteiger partial charge < -0.3 is 26.2 Å². The Morgan fingerprint density at radius 1 is 0.794 bits per heavy atom. The van der Waals surface area contributed by atoms with Gasteiger partial charge in [-0.3, -0.25) is 48.0 Å². The van der Waals surface area contributed by atoms with Gasteiger partial charge in [-0.05, 0) is 111 Å². The highest BCUT2D eigenvalue weighted by Crippen LogP contribution is 2.39. The first-order chi connectivity index (χ1) is 32.8. The molecule has 3 aliphatic heterocycles. The van der Waals surface area contributed by atoms with Gasteiger partial charge in [0.15, 0.2) is 0 Å². The van der Waals surface area contributed by atoms with E-state index in [0.717, 1.165) is 55.2 Å². The van der Waals surface area contributed by atoms with Crippen LogP contribution < -0.4 is 27.4 Å². The number of primary amides is 1. The van der Waals surface area contributed by atoms with Gasteiger partial charge in [-0.15, -0.1) is 0 Å². The fourth-order valence-corrected chi connectivity index (χ4v) is 11.1. The van der Waals surface area contributed by atoms with E-state index in [1.54, 1.807) is 23.4 Å². The van der Waals surface area contributed by atoms with Crippen molar-refractivity contribution in [2.75, 3.05) is 13.1 Å². The Balaban J connectivity index is 0.824. The van der Waals surface area contributed by atoms with Crippen LogP contribution in [-0.2, 0) is 40.6 Å². The van der Waals surface area contributed by atoms with Gasteiger partial charge in [0.05, 0.1) is 23.0 Å². The summed E-state index contributed by atoms with van der Waals surface area (Å²) in [6, 6.07) is 21.7. The first kappa shape index (κ1) is 47.9. The molecular weight excluding hydrogens is 865 g/mol. The number of carbonyl (C=O) groups is 7. The maximum Gasteiger partial charge on any atom is 0.329 e. The summed E-state index contributed by atoms with van der Waals surface area (Å²) in [6.07, 6.45) is 8.08. The Bertz CT molecular complexity index is 2550. The lowest BCUT2D eigenvalue weighted by molar-refractivity contribution is -0.147. The Labute approximate surface area is 396 Å². The van der Waals surface area contributed by atoms with Crippen molar-refractivity contribution >= 4 is 52.4 Å². The number of imidazole rings is 1. The van der Waals surface area contributed by atoms with E-state index in [2.05, 4.69) is 28.1 Å². The smallest absolute Gasteiger partial charge is 0.329 e. The average molecular weight is 929 g/mol. The van der Waals surface area contributed by atoms with Gasteiger partial charge in [0.1, 0.15) is 18.1 Å². The highest BCUT2D eigenvalue weighted by molar-refractivity contribution is 6.00. The first-order valence-electron chi connectivity index (χ1n) is 24.4. The zero-order valence-electron chi connectivity index (χ0n) is 39.1. The second-order valence-electron chi connectivity index (χ2n) is 19.4. The number of amides is 7. The molecule has 5 N–H and O–H groups in total. The molecule has 3 saturated heterocycles. The zero-order valence-corrected chi connectivity index (χ0v) is 39.1. The molecule has 360 valence electrons. The van der Waals surface area contributed by atoms with E-state index in [-0.39, 0.29) is 55.3 Å². The van der Waals surface area contributed by atoms with E-state index >= 15 is 0 Å². The van der Waals surface area contributed by atoms with Crippen LogP contribution in [0.25, 0.3) is 11.0 Å². The molecule has 1 unspecified atom stereocenters. The van der Waals surface area contributed by atoms with Gasteiger partial charge in [-0.25, -0.2) is 4.79 Å². The molecule has 1 aromatic heterocycles. The van der Waals surface area contributed by atoms with Crippen LogP contribution in [0.4, 0.5) is 0 Å². The van der Waals surface area contributed by atoms with Gasteiger partial charge in [-0.2, -0.15) is 0 Å². The molecule has 16 nitrogen and oxygen atoms in total. The van der Waals surface area contributed by atoms with Crippen LogP contribution in [0.3, 0.4) is 0 Å². The average Bonchev–Trinajstić information content (AvgIpc) is 3.87. The van der Waals surface area contributed by atoms with Gasteiger partial charge >= 0.3 is 5.69 Å². The number of aryl methyl sites for hydroxylation is 1. The minimum absolute atomic E-state index is 0.00464. The molecule has 1 aliphatic carbocycles. The second-order valence-corrected chi connectivity index (χ2v) is 19.4. The lowest BCUT2D eigenvalue weighted by atomic mass is 9.77. The van der Waals surface area contributed by atoms with Gasteiger partial charge in [0, 0.05) is 45.4 Å². The number of nitrogens with two attached hydrogens (primary N) is 1. The molecule has 8 rings (SSSR count). The van der Waals surface area contributed by atoms with Crippen molar-refractivity contribution in [3.63, 3.8) is 0 Å². The number of imide groups is 1. The molecule has 4 aliphatic rings. The second kappa shape index (κ2) is 21.2. The van der Waals surface area contributed by atoms with Crippen LogP contribution >= 0.6 is 0 Å². The summed E-state index contributed by atoms with van der Waals surface area (Å²) in [5.41, 5.74) is 9.54. The van der Waals surface area contributed by atoms with Crippen LogP contribution in [0, 0.1) is 11.8 Å². The van der Waals surface area contributed by atoms with Gasteiger partial charge in [0.2, 0.25) is 41.4 Å². The molecule has 4 aromatic rings. The van der Waals surface area contributed by atoms with Crippen molar-refractivity contribution in [3.05, 3.63) is 106 Å². The number of carbonyl (C=O) groups excluding carboxylic acids is 7. The summed E-state index contributed by atoms with van der Waals surface area (Å²) < 4.78 is 3.09. The van der Waals surface area contributed by atoms with E-state index < -0.39 is 53.7 Å². The molecular formula is C52H64N8O8. The number of hydrogen-bond acceptors (Lipinski definition) is 8. The van der Waals surface area contributed by atoms with Crippen LogP contribution in [0.1, 0.15) is 132 Å². The maximum absolute atomic E-state index is 14.1. The Hall–Kier alpha value is -6.58. The van der Waals surface area contributed by atoms with E-state index in [9.17, 15) is 38.4 Å². The molecule has 0 bridgehead atoms. The standard InChI is InChI=1S/C52H64N8O8/c1-32-31-58(46(63)15-9-10-33-16-18-34(19-17-33)37-20-23-40-43(30-37)57(2)52(68)60(40)42-25-27-45(62)55-50(42)66)29-28-38-21-24-41(59(38)51(32)67)49(65)54-39(22-26-44(53)61)48(64)56-47(35-11-5-3-6-12-35)36-13-7-4-8-14-36/h3-8,11-14,20,23,30,32-34,38-39,41-42,47H,9-10,15-19,21-22,24-29,31H2,1-2H3,(H2,53,61)(H,54,65)(H,56,64)(H,55,62,66)/t32-,33?,34?,38+,39-,41-,42?/m0/s1. The predicted octanol–water partition coefficient (Wildman–Crippen LogP) is 4.65. The predicted molar refractivity (Wildman–Crippen MR) is 254 cm³/mol. The molecule has 1 saturated carbocycles. The van der Waals surface area contributed by atoms with Crippen molar-refractivity contribution in [1.29, 1.82) is 0 Å². The SMILES string of the molecule is C[C@H]1CN(C(=O)CCCC2CCC(c3ccc4c(c3)n(C)c(=O)n4C3CCC(=O)NC3=O)CC2)CC[C@H]2CC[C@@H](C(=O)N[C@@H](CCC(N)=O)C(=O)NC(c3ccccc3)c3ccccc3)N2C1=O. The van der Waals surface area contributed by atoms with E-state index in [0.29, 0.717) is 56.0 Å². The van der Waals surface area contributed by atoms with E-state index in [1.807, 2.05) is 71.6 Å².